The fourth-order valence-electron chi connectivity index (χ4n) is 2.52. The predicted molar refractivity (Wildman–Crippen MR) is 75.4 cm³/mol. The lowest BCUT2D eigenvalue weighted by molar-refractivity contribution is 0.0659. The molecule has 1 amide bonds. The summed E-state index contributed by atoms with van der Waals surface area (Å²) in [4.78, 5) is 14.0. The van der Waals surface area contributed by atoms with E-state index in [1.54, 1.807) is 0 Å². The van der Waals surface area contributed by atoms with E-state index in [2.05, 4.69) is 5.32 Å². The van der Waals surface area contributed by atoms with Crippen LogP contribution in [0, 0.1) is 0 Å². The maximum Gasteiger partial charge on any atom is 0.410 e. The molecule has 0 bridgehead atoms. The van der Waals surface area contributed by atoms with Crippen LogP contribution in [0.15, 0.2) is 30.3 Å². The van der Waals surface area contributed by atoms with E-state index < -0.39 is 0 Å². The van der Waals surface area contributed by atoms with Crippen molar-refractivity contribution in [3.05, 3.63) is 35.9 Å². The molecule has 2 fully saturated rings. The average Bonchev–Trinajstić information content (AvgIpc) is 3.18. The first-order valence-electron chi connectivity index (χ1n) is 6.49. The Morgan fingerprint density at radius 3 is 2.74 bits per heavy atom. The summed E-state index contributed by atoms with van der Waals surface area (Å²) < 4.78 is 5.40. The van der Waals surface area contributed by atoms with Crippen LogP contribution in [0.2, 0.25) is 0 Å². The molecule has 3 rings (SSSR count). The van der Waals surface area contributed by atoms with Crippen LogP contribution in [-0.2, 0) is 11.3 Å². The second-order valence-corrected chi connectivity index (χ2v) is 5.09. The van der Waals surface area contributed by atoms with Crippen LogP contribution in [0.3, 0.4) is 0 Å². The Morgan fingerprint density at radius 2 is 2.05 bits per heavy atom. The van der Waals surface area contributed by atoms with Crippen molar-refractivity contribution in [3.63, 3.8) is 0 Å². The van der Waals surface area contributed by atoms with Crippen molar-refractivity contribution >= 4 is 18.5 Å². The van der Waals surface area contributed by atoms with Crippen LogP contribution < -0.4 is 5.32 Å². The van der Waals surface area contributed by atoms with Gasteiger partial charge in [0.05, 0.1) is 5.54 Å². The van der Waals surface area contributed by atoms with E-state index in [4.69, 9.17) is 4.74 Å². The highest BCUT2D eigenvalue weighted by Gasteiger charge is 2.51. The van der Waals surface area contributed by atoms with Crippen LogP contribution in [0.4, 0.5) is 4.79 Å². The summed E-state index contributed by atoms with van der Waals surface area (Å²) in [6.07, 6.45) is 2.03. The van der Waals surface area contributed by atoms with Gasteiger partial charge in [-0.15, -0.1) is 12.4 Å². The van der Waals surface area contributed by atoms with Crippen LogP contribution in [0.1, 0.15) is 18.4 Å². The molecule has 1 aromatic rings. The molecule has 1 aliphatic carbocycles. The molecule has 1 heterocycles. The summed E-state index contributed by atoms with van der Waals surface area (Å²) in [5, 5.41) is 3.35. The molecule has 104 valence electrons. The molecule has 1 aliphatic heterocycles. The Balaban J connectivity index is 0.00000133. The van der Waals surface area contributed by atoms with E-state index in [9.17, 15) is 4.79 Å². The van der Waals surface area contributed by atoms with Gasteiger partial charge in [-0.3, -0.25) is 4.90 Å². The van der Waals surface area contributed by atoms with Gasteiger partial charge in [0.25, 0.3) is 0 Å². The lowest BCUT2D eigenvalue weighted by Gasteiger charge is -2.35. The maximum atomic E-state index is 12.1. The van der Waals surface area contributed by atoms with Crippen LogP contribution in [-0.4, -0.2) is 36.2 Å². The maximum absolute atomic E-state index is 12.1. The Labute approximate surface area is 119 Å². The summed E-state index contributed by atoms with van der Waals surface area (Å²) >= 11 is 0. The van der Waals surface area contributed by atoms with Crippen molar-refractivity contribution < 1.29 is 9.53 Å². The zero-order valence-electron chi connectivity index (χ0n) is 10.8. The SMILES string of the molecule is Cl.O=C(OCc1ccccc1)N1CCNCC12CC2. The van der Waals surface area contributed by atoms with Gasteiger partial charge < -0.3 is 10.1 Å². The van der Waals surface area contributed by atoms with Gasteiger partial charge >= 0.3 is 6.09 Å². The number of amides is 1. The number of carbonyl (C=O) groups excluding carboxylic acids is 1. The zero-order chi connectivity index (χ0) is 12.4. The van der Waals surface area contributed by atoms with Crippen LogP contribution >= 0.6 is 12.4 Å². The van der Waals surface area contributed by atoms with Crippen molar-refractivity contribution in [1.82, 2.24) is 10.2 Å². The number of nitrogens with one attached hydrogen (secondary N) is 1. The number of hydrogen-bond donors (Lipinski definition) is 1. The van der Waals surface area contributed by atoms with Gasteiger partial charge in [-0.25, -0.2) is 4.79 Å². The molecule has 1 saturated carbocycles. The summed E-state index contributed by atoms with van der Waals surface area (Å²) in [6.45, 7) is 2.89. The number of halogens is 1. The molecular formula is C14H19ClN2O2. The van der Waals surface area contributed by atoms with Crippen LogP contribution in [0.25, 0.3) is 0 Å². The molecule has 1 spiro atoms. The first-order valence-corrected chi connectivity index (χ1v) is 6.49. The molecule has 0 aromatic heterocycles. The molecule has 19 heavy (non-hydrogen) atoms. The molecule has 0 unspecified atom stereocenters. The number of rotatable bonds is 2. The van der Waals surface area contributed by atoms with Crippen molar-refractivity contribution in [2.75, 3.05) is 19.6 Å². The van der Waals surface area contributed by atoms with E-state index in [0.29, 0.717) is 6.61 Å². The Bertz CT molecular complexity index is 434. The summed E-state index contributed by atoms with van der Waals surface area (Å²) in [5.74, 6) is 0. The minimum atomic E-state index is -0.169. The third-order valence-corrected chi connectivity index (χ3v) is 3.79. The van der Waals surface area contributed by atoms with Crippen molar-refractivity contribution in [2.45, 2.75) is 25.0 Å². The van der Waals surface area contributed by atoms with Crippen LogP contribution in [0.5, 0.6) is 0 Å². The number of hydrogen-bond acceptors (Lipinski definition) is 3. The first kappa shape index (κ1) is 14.2. The average molecular weight is 283 g/mol. The topological polar surface area (TPSA) is 41.6 Å². The van der Waals surface area contributed by atoms with Gasteiger partial charge in [0, 0.05) is 19.6 Å². The highest BCUT2D eigenvalue weighted by molar-refractivity contribution is 5.85. The smallest absolute Gasteiger partial charge is 0.410 e. The summed E-state index contributed by atoms with van der Waals surface area (Å²) in [6, 6.07) is 9.81. The molecule has 0 radical (unpaired) electrons. The number of piperazine rings is 1. The van der Waals surface area contributed by atoms with E-state index in [1.807, 2.05) is 35.2 Å². The molecule has 1 saturated heterocycles. The third-order valence-electron chi connectivity index (χ3n) is 3.79. The van der Waals surface area contributed by atoms with E-state index in [1.165, 1.54) is 0 Å². The van der Waals surface area contributed by atoms with Gasteiger partial charge in [0.1, 0.15) is 6.61 Å². The molecular weight excluding hydrogens is 264 g/mol. The monoisotopic (exact) mass is 282 g/mol. The van der Waals surface area contributed by atoms with Gasteiger partial charge in [-0.05, 0) is 18.4 Å². The van der Waals surface area contributed by atoms with Gasteiger partial charge in [0.2, 0.25) is 0 Å². The lowest BCUT2D eigenvalue weighted by atomic mass is 10.2. The van der Waals surface area contributed by atoms with Gasteiger partial charge in [0.15, 0.2) is 0 Å². The highest BCUT2D eigenvalue weighted by Crippen LogP contribution is 2.42. The number of benzene rings is 1. The quantitative estimate of drug-likeness (QED) is 0.904. The first-order chi connectivity index (χ1) is 8.80. The van der Waals surface area contributed by atoms with E-state index in [-0.39, 0.29) is 24.0 Å². The largest absolute Gasteiger partial charge is 0.445 e. The highest BCUT2D eigenvalue weighted by atomic mass is 35.5. The molecule has 1 N–H and O–H groups in total. The molecule has 4 nitrogen and oxygen atoms in total. The molecule has 0 atom stereocenters. The normalized spacial score (nSPS) is 19.7. The molecule has 5 heteroatoms. The van der Waals surface area contributed by atoms with Crippen molar-refractivity contribution in [2.24, 2.45) is 0 Å². The molecule has 1 aromatic carbocycles. The second kappa shape index (κ2) is 5.80. The fourth-order valence-corrected chi connectivity index (χ4v) is 2.52. The summed E-state index contributed by atoms with van der Waals surface area (Å²) in [5.41, 5.74) is 1.09. The minimum absolute atomic E-state index is 0. The number of nitrogens with zero attached hydrogens (tertiary/aromatic N) is 1. The van der Waals surface area contributed by atoms with Gasteiger partial charge in [-0.2, -0.15) is 0 Å². The lowest BCUT2D eigenvalue weighted by Crippen LogP contribution is -2.55. The number of carbonyl (C=O) groups is 1. The third kappa shape index (κ3) is 3.01. The summed E-state index contributed by atoms with van der Waals surface area (Å²) in [7, 11) is 0. The second-order valence-electron chi connectivity index (χ2n) is 5.09. The van der Waals surface area contributed by atoms with E-state index in [0.717, 1.165) is 38.0 Å². The Hall–Kier alpha value is -1.26. The van der Waals surface area contributed by atoms with Crippen molar-refractivity contribution in [3.8, 4) is 0 Å². The predicted octanol–water partition coefficient (Wildman–Crippen LogP) is 2.18. The number of ether oxygens (including phenoxy) is 1. The van der Waals surface area contributed by atoms with Crippen molar-refractivity contribution in [1.29, 1.82) is 0 Å². The van der Waals surface area contributed by atoms with Gasteiger partial charge in [-0.1, -0.05) is 30.3 Å². The molecule has 2 aliphatic rings. The Morgan fingerprint density at radius 1 is 1.32 bits per heavy atom. The zero-order valence-corrected chi connectivity index (χ0v) is 11.6. The van der Waals surface area contributed by atoms with E-state index >= 15 is 0 Å². The standard InChI is InChI=1S/C14H18N2O2.ClH/c17-13(18-10-12-4-2-1-3-5-12)16-9-8-15-11-14(16)6-7-14;/h1-5,15H,6-11H2;1H. The Kier molecular flexibility index (Phi) is 4.32. The fraction of sp³-hybridized carbons (Fsp3) is 0.500. The minimum Gasteiger partial charge on any atom is -0.445 e.